The van der Waals surface area contributed by atoms with Crippen LogP contribution in [0.4, 0.5) is 24.5 Å². The molecule has 2 aromatic rings. The molecule has 0 unspecified atom stereocenters. The minimum atomic E-state index is -4.51. The quantitative estimate of drug-likeness (QED) is 0.763. The van der Waals surface area contributed by atoms with Crippen molar-refractivity contribution in [2.45, 2.75) is 6.18 Å². The van der Waals surface area contributed by atoms with Gasteiger partial charge in [-0.25, -0.2) is 0 Å². The van der Waals surface area contributed by atoms with Gasteiger partial charge in [-0.3, -0.25) is 0 Å². The van der Waals surface area contributed by atoms with E-state index < -0.39 is 11.7 Å². The zero-order valence-corrected chi connectivity index (χ0v) is 9.33. The third kappa shape index (κ3) is 2.11. The molecule has 5 heteroatoms. The lowest BCUT2D eigenvalue weighted by atomic mass is 9.96. The van der Waals surface area contributed by atoms with Crippen molar-refractivity contribution in [2.75, 3.05) is 11.5 Å². The average Bonchev–Trinajstić information content (AvgIpc) is 2.27. The van der Waals surface area contributed by atoms with E-state index in [1.165, 1.54) is 18.2 Å². The minimum absolute atomic E-state index is 0.000556. The average molecular weight is 252 g/mol. The van der Waals surface area contributed by atoms with Gasteiger partial charge in [0.1, 0.15) is 0 Å². The first-order valence-corrected chi connectivity index (χ1v) is 5.22. The second-order valence-electron chi connectivity index (χ2n) is 3.85. The molecular weight excluding hydrogens is 241 g/mol. The van der Waals surface area contributed by atoms with Gasteiger partial charge in [-0.1, -0.05) is 30.3 Å². The van der Waals surface area contributed by atoms with Crippen LogP contribution in [0.5, 0.6) is 0 Å². The molecule has 2 rings (SSSR count). The topological polar surface area (TPSA) is 52.0 Å². The molecular formula is C13H11F3N2. The van der Waals surface area contributed by atoms with E-state index in [1.54, 1.807) is 24.3 Å². The monoisotopic (exact) mass is 252 g/mol. The standard InChI is InChI=1S/C13H11F3N2/c14-13(15,16)12-9(5-3-7-11(12)18)8-4-1-2-6-10(8)17/h1-7H,17-18H2. The number of hydrogen-bond acceptors (Lipinski definition) is 2. The molecule has 0 saturated heterocycles. The number of para-hydroxylation sites is 1. The SMILES string of the molecule is Nc1ccccc1-c1cccc(N)c1C(F)(F)F. The van der Waals surface area contributed by atoms with Gasteiger partial charge in [-0.05, 0) is 17.7 Å². The molecule has 0 saturated carbocycles. The second-order valence-corrected chi connectivity index (χ2v) is 3.85. The van der Waals surface area contributed by atoms with Gasteiger partial charge in [0.2, 0.25) is 0 Å². The molecule has 0 bridgehead atoms. The third-order valence-electron chi connectivity index (χ3n) is 2.63. The van der Waals surface area contributed by atoms with Crippen LogP contribution in [0.3, 0.4) is 0 Å². The summed E-state index contributed by atoms with van der Waals surface area (Å²) in [5.41, 5.74) is 10.6. The maximum absolute atomic E-state index is 13.0. The fourth-order valence-electron chi connectivity index (χ4n) is 1.85. The van der Waals surface area contributed by atoms with Gasteiger partial charge in [0, 0.05) is 16.9 Å². The molecule has 0 atom stereocenters. The predicted molar refractivity (Wildman–Crippen MR) is 65.7 cm³/mol. The number of anilines is 2. The molecule has 2 nitrogen and oxygen atoms in total. The van der Waals surface area contributed by atoms with Crippen LogP contribution in [0.25, 0.3) is 11.1 Å². The Morgan fingerprint density at radius 1 is 0.722 bits per heavy atom. The maximum atomic E-state index is 13.0. The molecule has 0 radical (unpaired) electrons. The lowest BCUT2D eigenvalue weighted by molar-refractivity contribution is -0.136. The second kappa shape index (κ2) is 4.25. The van der Waals surface area contributed by atoms with Crippen LogP contribution in [-0.2, 0) is 6.18 Å². The van der Waals surface area contributed by atoms with E-state index in [0.717, 1.165) is 0 Å². The number of hydrogen-bond donors (Lipinski definition) is 2. The molecule has 94 valence electrons. The molecule has 0 amide bonds. The van der Waals surface area contributed by atoms with Crippen LogP contribution in [0.15, 0.2) is 42.5 Å². The van der Waals surface area contributed by atoms with Gasteiger partial charge in [0.15, 0.2) is 0 Å². The molecule has 18 heavy (non-hydrogen) atoms. The summed E-state index contributed by atoms with van der Waals surface area (Å²) in [5.74, 6) is 0. The molecule has 0 fully saturated rings. The van der Waals surface area contributed by atoms with Gasteiger partial charge in [0.25, 0.3) is 0 Å². The first-order chi connectivity index (χ1) is 8.41. The van der Waals surface area contributed by atoms with E-state index in [-0.39, 0.29) is 16.9 Å². The Labute approximate surface area is 102 Å². The number of rotatable bonds is 1. The number of alkyl halides is 3. The van der Waals surface area contributed by atoms with E-state index in [4.69, 9.17) is 11.5 Å². The van der Waals surface area contributed by atoms with Gasteiger partial charge in [-0.15, -0.1) is 0 Å². The zero-order valence-electron chi connectivity index (χ0n) is 9.33. The van der Waals surface area contributed by atoms with Crippen molar-refractivity contribution in [3.63, 3.8) is 0 Å². The lowest BCUT2D eigenvalue weighted by Gasteiger charge is -2.16. The highest BCUT2D eigenvalue weighted by molar-refractivity contribution is 5.81. The highest BCUT2D eigenvalue weighted by Gasteiger charge is 2.36. The van der Waals surface area contributed by atoms with Gasteiger partial charge < -0.3 is 11.5 Å². The van der Waals surface area contributed by atoms with E-state index in [0.29, 0.717) is 5.56 Å². The first-order valence-electron chi connectivity index (χ1n) is 5.22. The summed E-state index contributed by atoms with van der Waals surface area (Å²) in [4.78, 5) is 0. The van der Waals surface area contributed by atoms with E-state index >= 15 is 0 Å². The summed E-state index contributed by atoms with van der Waals surface area (Å²) in [6, 6.07) is 10.5. The Bertz CT molecular complexity index is 577. The van der Waals surface area contributed by atoms with Gasteiger partial charge in [0.05, 0.1) is 5.56 Å². The Kier molecular flexibility index (Phi) is 2.90. The van der Waals surface area contributed by atoms with E-state index in [1.807, 2.05) is 0 Å². The van der Waals surface area contributed by atoms with E-state index in [9.17, 15) is 13.2 Å². The fraction of sp³-hybridized carbons (Fsp3) is 0.0769. The Balaban J connectivity index is 2.73. The number of halogens is 3. The van der Waals surface area contributed by atoms with Crippen LogP contribution in [0.1, 0.15) is 5.56 Å². The van der Waals surface area contributed by atoms with Crippen LogP contribution in [0.2, 0.25) is 0 Å². The summed E-state index contributed by atoms with van der Waals surface area (Å²) < 4.78 is 39.0. The molecule has 0 aliphatic carbocycles. The summed E-state index contributed by atoms with van der Waals surface area (Å²) >= 11 is 0. The highest BCUT2D eigenvalue weighted by Crippen LogP contribution is 2.41. The zero-order chi connectivity index (χ0) is 13.3. The number of nitrogens with two attached hydrogens (primary N) is 2. The minimum Gasteiger partial charge on any atom is -0.398 e. The normalized spacial score (nSPS) is 11.5. The summed E-state index contributed by atoms with van der Waals surface area (Å²) in [5, 5.41) is 0. The van der Waals surface area contributed by atoms with Crippen LogP contribution < -0.4 is 11.5 Å². The summed E-state index contributed by atoms with van der Waals surface area (Å²) in [6.07, 6.45) is -4.51. The van der Waals surface area contributed by atoms with Crippen molar-refractivity contribution in [3.8, 4) is 11.1 Å². The number of benzene rings is 2. The smallest absolute Gasteiger partial charge is 0.398 e. The predicted octanol–water partition coefficient (Wildman–Crippen LogP) is 3.54. The molecule has 2 aromatic carbocycles. The van der Waals surface area contributed by atoms with E-state index in [2.05, 4.69) is 0 Å². The lowest BCUT2D eigenvalue weighted by Crippen LogP contribution is -2.11. The molecule has 0 aromatic heterocycles. The van der Waals surface area contributed by atoms with Crippen molar-refractivity contribution in [3.05, 3.63) is 48.0 Å². The van der Waals surface area contributed by atoms with Crippen LogP contribution >= 0.6 is 0 Å². The van der Waals surface area contributed by atoms with Crippen molar-refractivity contribution >= 4 is 11.4 Å². The Morgan fingerprint density at radius 3 is 1.89 bits per heavy atom. The number of nitrogen functional groups attached to an aromatic ring is 2. The highest BCUT2D eigenvalue weighted by atomic mass is 19.4. The van der Waals surface area contributed by atoms with Gasteiger partial charge >= 0.3 is 6.18 Å². The van der Waals surface area contributed by atoms with Crippen molar-refractivity contribution in [1.82, 2.24) is 0 Å². The van der Waals surface area contributed by atoms with Crippen molar-refractivity contribution in [1.29, 1.82) is 0 Å². The Morgan fingerprint density at radius 2 is 1.28 bits per heavy atom. The maximum Gasteiger partial charge on any atom is 0.418 e. The molecule has 0 aliphatic rings. The molecule has 0 spiro atoms. The van der Waals surface area contributed by atoms with Crippen LogP contribution in [-0.4, -0.2) is 0 Å². The van der Waals surface area contributed by atoms with Crippen molar-refractivity contribution < 1.29 is 13.2 Å². The van der Waals surface area contributed by atoms with Crippen LogP contribution in [0, 0.1) is 0 Å². The first kappa shape index (κ1) is 12.3. The largest absolute Gasteiger partial charge is 0.418 e. The van der Waals surface area contributed by atoms with Gasteiger partial charge in [-0.2, -0.15) is 13.2 Å². The summed E-state index contributed by atoms with van der Waals surface area (Å²) in [6.45, 7) is 0. The Hall–Kier alpha value is -2.17. The fourth-order valence-corrected chi connectivity index (χ4v) is 1.85. The third-order valence-corrected chi connectivity index (χ3v) is 2.63. The molecule has 0 aliphatic heterocycles. The molecule has 0 heterocycles. The van der Waals surface area contributed by atoms with Crippen molar-refractivity contribution in [2.24, 2.45) is 0 Å². The molecule has 4 N–H and O–H groups in total. The summed E-state index contributed by atoms with van der Waals surface area (Å²) in [7, 11) is 0.